The zero-order valence-electron chi connectivity index (χ0n) is 14.6. The van der Waals surface area contributed by atoms with Crippen molar-refractivity contribution in [1.29, 1.82) is 0 Å². The van der Waals surface area contributed by atoms with E-state index in [1.165, 1.54) is 17.7 Å². The first kappa shape index (κ1) is 17.9. The molecule has 0 aliphatic carbocycles. The van der Waals surface area contributed by atoms with E-state index >= 15 is 0 Å². The molecule has 0 bridgehead atoms. The zero-order valence-corrected chi connectivity index (χ0v) is 14.6. The summed E-state index contributed by atoms with van der Waals surface area (Å²) in [4.78, 5) is 12.6. The average molecular weight is 347 g/mol. The molecule has 3 heteroatoms. The third-order valence-corrected chi connectivity index (χ3v) is 4.40. The molecule has 0 heterocycles. The molecule has 3 aromatic rings. The van der Waals surface area contributed by atoms with Crippen LogP contribution in [0.5, 0.6) is 0 Å². The summed E-state index contributed by atoms with van der Waals surface area (Å²) in [7, 11) is 0. The van der Waals surface area contributed by atoms with Crippen LogP contribution in [0.4, 0.5) is 4.39 Å². The van der Waals surface area contributed by atoms with Crippen molar-refractivity contribution in [2.24, 2.45) is 0 Å². The van der Waals surface area contributed by atoms with Gasteiger partial charge >= 0.3 is 0 Å². The van der Waals surface area contributed by atoms with Gasteiger partial charge in [-0.1, -0.05) is 60.7 Å². The maximum absolute atomic E-state index is 12.9. The van der Waals surface area contributed by atoms with E-state index in [4.69, 9.17) is 0 Å². The number of carbonyl (C=O) groups is 1. The van der Waals surface area contributed by atoms with Gasteiger partial charge in [-0.15, -0.1) is 0 Å². The molecule has 1 N–H and O–H groups in total. The van der Waals surface area contributed by atoms with E-state index in [2.05, 4.69) is 17.4 Å². The Morgan fingerprint density at radius 1 is 0.731 bits per heavy atom. The zero-order chi connectivity index (χ0) is 18.2. The first-order valence-electron chi connectivity index (χ1n) is 8.87. The van der Waals surface area contributed by atoms with E-state index in [0.29, 0.717) is 13.0 Å². The van der Waals surface area contributed by atoms with Crippen LogP contribution in [0.15, 0.2) is 78.9 Å². The number of hydrogen-bond donors (Lipinski definition) is 1. The lowest BCUT2D eigenvalue weighted by Gasteiger charge is -2.10. The predicted molar refractivity (Wildman–Crippen MR) is 103 cm³/mol. The molecule has 3 rings (SSSR count). The molecule has 1 amide bonds. The Bertz CT molecular complexity index is 844. The van der Waals surface area contributed by atoms with E-state index in [0.717, 1.165) is 29.5 Å². The molecule has 26 heavy (non-hydrogen) atoms. The Hall–Kier alpha value is -2.94. The van der Waals surface area contributed by atoms with Crippen molar-refractivity contribution >= 4 is 5.91 Å². The van der Waals surface area contributed by atoms with Gasteiger partial charge in [0.15, 0.2) is 0 Å². The van der Waals surface area contributed by atoms with E-state index < -0.39 is 0 Å². The molecule has 2 nitrogen and oxygen atoms in total. The van der Waals surface area contributed by atoms with Crippen molar-refractivity contribution in [3.05, 3.63) is 107 Å². The summed E-state index contributed by atoms with van der Waals surface area (Å²) in [5.41, 5.74) is 4.04. The number of halogens is 1. The number of amides is 1. The van der Waals surface area contributed by atoms with Crippen molar-refractivity contribution in [2.75, 3.05) is 6.54 Å². The van der Waals surface area contributed by atoms with Gasteiger partial charge in [0, 0.05) is 12.1 Å². The molecular formula is C23H22FNO. The minimum absolute atomic E-state index is 0.0595. The monoisotopic (exact) mass is 347 g/mol. The number of nitrogens with one attached hydrogen (secondary N) is 1. The molecule has 0 saturated heterocycles. The van der Waals surface area contributed by atoms with E-state index in [1.807, 2.05) is 42.5 Å². The first-order valence-corrected chi connectivity index (χ1v) is 8.87. The third-order valence-electron chi connectivity index (χ3n) is 4.40. The highest BCUT2D eigenvalue weighted by Crippen LogP contribution is 2.13. The molecule has 0 unspecified atom stereocenters. The minimum Gasteiger partial charge on any atom is -0.352 e. The smallest absolute Gasteiger partial charge is 0.251 e. The van der Waals surface area contributed by atoms with Crippen LogP contribution < -0.4 is 5.32 Å². The van der Waals surface area contributed by atoms with Gasteiger partial charge in [-0.3, -0.25) is 4.79 Å². The molecular weight excluding hydrogens is 325 g/mol. The lowest BCUT2D eigenvalue weighted by atomic mass is 9.99. The van der Waals surface area contributed by atoms with Gasteiger partial charge in [0.1, 0.15) is 5.82 Å². The summed E-state index contributed by atoms with van der Waals surface area (Å²) >= 11 is 0. The van der Waals surface area contributed by atoms with Crippen molar-refractivity contribution < 1.29 is 9.18 Å². The van der Waals surface area contributed by atoms with Crippen LogP contribution in [0.25, 0.3) is 0 Å². The lowest BCUT2D eigenvalue weighted by Crippen LogP contribution is -2.26. The molecule has 0 atom stereocenters. The predicted octanol–water partition coefficient (Wildman–Crippen LogP) is 4.58. The fourth-order valence-electron chi connectivity index (χ4n) is 2.95. The normalized spacial score (nSPS) is 10.5. The van der Waals surface area contributed by atoms with Crippen LogP contribution in [0.1, 0.15) is 27.0 Å². The molecule has 0 saturated carbocycles. The molecule has 0 aromatic heterocycles. The van der Waals surface area contributed by atoms with Crippen LogP contribution in [-0.2, 0) is 19.3 Å². The van der Waals surface area contributed by atoms with Crippen LogP contribution in [-0.4, -0.2) is 12.5 Å². The molecule has 0 aliphatic heterocycles. The SMILES string of the molecule is O=C(NCCc1ccc(F)cc1)c1ccccc1CCc1ccccc1. The highest BCUT2D eigenvalue weighted by atomic mass is 19.1. The Labute approximate surface area is 153 Å². The molecule has 0 spiro atoms. The van der Waals surface area contributed by atoms with Gasteiger partial charge in [-0.05, 0) is 54.2 Å². The summed E-state index contributed by atoms with van der Waals surface area (Å²) in [6.07, 6.45) is 2.41. The summed E-state index contributed by atoms with van der Waals surface area (Å²) in [6, 6.07) is 24.4. The van der Waals surface area contributed by atoms with Gasteiger partial charge in [-0.2, -0.15) is 0 Å². The Morgan fingerprint density at radius 2 is 1.38 bits per heavy atom. The van der Waals surface area contributed by atoms with Gasteiger partial charge in [0.25, 0.3) is 5.91 Å². The maximum atomic E-state index is 12.9. The quantitative estimate of drug-likeness (QED) is 0.666. The molecule has 0 fully saturated rings. The van der Waals surface area contributed by atoms with Crippen LogP contribution in [0, 0.1) is 5.82 Å². The molecule has 0 aliphatic rings. The van der Waals surface area contributed by atoms with E-state index in [9.17, 15) is 9.18 Å². The molecule has 132 valence electrons. The fourth-order valence-corrected chi connectivity index (χ4v) is 2.95. The van der Waals surface area contributed by atoms with Gasteiger partial charge in [0.05, 0.1) is 0 Å². The van der Waals surface area contributed by atoms with Gasteiger partial charge in [0.2, 0.25) is 0 Å². The van der Waals surface area contributed by atoms with E-state index in [-0.39, 0.29) is 11.7 Å². The van der Waals surface area contributed by atoms with Gasteiger partial charge < -0.3 is 5.32 Å². The van der Waals surface area contributed by atoms with Crippen LogP contribution in [0.3, 0.4) is 0 Å². The van der Waals surface area contributed by atoms with Crippen molar-refractivity contribution in [3.63, 3.8) is 0 Å². The second kappa shape index (κ2) is 8.95. The summed E-state index contributed by atoms with van der Waals surface area (Å²) in [5.74, 6) is -0.305. The van der Waals surface area contributed by atoms with Crippen molar-refractivity contribution in [2.45, 2.75) is 19.3 Å². The number of carbonyl (C=O) groups excluding carboxylic acids is 1. The number of aryl methyl sites for hydroxylation is 2. The molecule has 0 radical (unpaired) electrons. The van der Waals surface area contributed by atoms with Gasteiger partial charge in [-0.25, -0.2) is 4.39 Å². The largest absolute Gasteiger partial charge is 0.352 e. The van der Waals surface area contributed by atoms with Crippen molar-refractivity contribution in [1.82, 2.24) is 5.32 Å². The minimum atomic E-state index is -0.245. The third kappa shape index (κ3) is 5.03. The van der Waals surface area contributed by atoms with Crippen molar-refractivity contribution in [3.8, 4) is 0 Å². The second-order valence-corrected chi connectivity index (χ2v) is 6.28. The maximum Gasteiger partial charge on any atom is 0.251 e. The van der Waals surface area contributed by atoms with E-state index in [1.54, 1.807) is 12.1 Å². The topological polar surface area (TPSA) is 29.1 Å². The lowest BCUT2D eigenvalue weighted by molar-refractivity contribution is 0.0953. The Morgan fingerprint density at radius 3 is 2.15 bits per heavy atom. The number of rotatable bonds is 7. The van der Waals surface area contributed by atoms with Crippen LogP contribution >= 0.6 is 0 Å². The number of hydrogen-bond acceptors (Lipinski definition) is 1. The fraction of sp³-hybridized carbons (Fsp3) is 0.174. The summed E-state index contributed by atoms with van der Waals surface area (Å²) in [6.45, 7) is 0.525. The first-order chi connectivity index (χ1) is 12.7. The highest BCUT2D eigenvalue weighted by Gasteiger charge is 2.10. The standard InChI is InChI=1S/C23H22FNO/c24-21-14-11-19(12-15-21)16-17-25-23(26)22-9-5-4-8-20(22)13-10-18-6-2-1-3-7-18/h1-9,11-12,14-15H,10,13,16-17H2,(H,25,26). The highest BCUT2D eigenvalue weighted by molar-refractivity contribution is 5.95. The second-order valence-electron chi connectivity index (χ2n) is 6.28. The average Bonchev–Trinajstić information content (AvgIpc) is 2.69. The van der Waals surface area contributed by atoms with Crippen LogP contribution in [0.2, 0.25) is 0 Å². The summed E-state index contributed by atoms with van der Waals surface area (Å²) < 4.78 is 12.9. The Kier molecular flexibility index (Phi) is 6.15. The number of benzene rings is 3. The molecule has 3 aromatic carbocycles. The Balaban J connectivity index is 1.57. The summed E-state index contributed by atoms with van der Waals surface area (Å²) in [5, 5.41) is 2.97.